The summed E-state index contributed by atoms with van der Waals surface area (Å²) in [7, 11) is -3.27. The van der Waals surface area contributed by atoms with Gasteiger partial charge in [-0.05, 0) is 48.0 Å². The lowest BCUT2D eigenvalue weighted by Crippen LogP contribution is -2.13. The van der Waals surface area contributed by atoms with Gasteiger partial charge in [0.05, 0.1) is 11.9 Å². The Kier molecular flexibility index (Phi) is 4.11. The van der Waals surface area contributed by atoms with Crippen LogP contribution in [0.5, 0.6) is 0 Å². The maximum absolute atomic E-state index is 11.5. The van der Waals surface area contributed by atoms with Gasteiger partial charge in [0.1, 0.15) is 9.84 Å². The molecule has 0 aliphatic carbocycles. The second-order valence-electron chi connectivity index (χ2n) is 5.57. The Morgan fingerprint density at radius 1 is 0.913 bits per heavy atom. The van der Waals surface area contributed by atoms with E-state index in [2.05, 4.69) is 0 Å². The Morgan fingerprint density at radius 3 is 1.74 bits per heavy atom. The highest BCUT2D eigenvalue weighted by Crippen LogP contribution is 2.23. The van der Waals surface area contributed by atoms with Crippen molar-refractivity contribution in [2.75, 3.05) is 12.0 Å². The average Bonchev–Trinajstić information content (AvgIpc) is 3.18. The van der Waals surface area contributed by atoms with Crippen LogP contribution in [0.2, 0.25) is 0 Å². The molecule has 0 saturated carbocycles. The normalized spacial score (nSPS) is 13.1. The van der Waals surface area contributed by atoms with Gasteiger partial charge < -0.3 is 14.2 Å². The van der Waals surface area contributed by atoms with Crippen molar-refractivity contribution in [2.45, 2.75) is 6.10 Å². The van der Waals surface area contributed by atoms with Crippen molar-refractivity contribution < 1.29 is 13.5 Å². The lowest BCUT2D eigenvalue weighted by atomic mass is 10.1. The fourth-order valence-electron chi connectivity index (χ4n) is 2.50. The Bertz CT molecular complexity index is 830. The minimum absolute atomic E-state index is 0.298. The highest BCUT2D eigenvalue weighted by Gasteiger charge is 2.16. The lowest BCUT2D eigenvalue weighted by molar-refractivity contribution is 0.202. The molecule has 0 aliphatic heterocycles. The molecule has 0 aliphatic rings. The summed E-state index contributed by atoms with van der Waals surface area (Å²) >= 11 is 0. The molecule has 1 unspecified atom stereocenters. The first kappa shape index (κ1) is 15.6. The van der Waals surface area contributed by atoms with Crippen LogP contribution in [0.3, 0.4) is 0 Å². The van der Waals surface area contributed by atoms with Gasteiger partial charge in [0.2, 0.25) is 0 Å². The van der Waals surface area contributed by atoms with Gasteiger partial charge >= 0.3 is 0 Å². The van der Waals surface area contributed by atoms with Gasteiger partial charge in [-0.25, -0.2) is 8.42 Å². The number of sulfone groups is 1. The largest absolute Gasteiger partial charge is 0.387 e. The van der Waals surface area contributed by atoms with Crippen LogP contribution in [-0.4, -0.2) is 34.7 Å². The quantitative estimate of drug-likeness (QED) is 0.781. The minimum atomic E-state index is -3.27. The Hall–Kier alpha value is -2.31. The number of benzene rings is 1. The summed E-state index contributed by atoms with van der Waals surface area (Å²) in [5.74, 6) is -0.298. The summed E-state index contributed by atoms with van der Waals surface area (Å²) in [6.07, 6.45) is 7.68. The van der Waals surface area contributed by atoms with Crippen LogP contribution in [0, 0.1) is 0 Å². The molecule has 3 aromatic rings. The molecule has 0 amide bonds. The smallest absolute Gasteiger partial charge is 0.150 e. The van der Waals surface area contributed by atoms with Gasteiger partial charge in [0.15, 0.2) is 0 Å². The molecule has 3 rings (SSSR count). The van der Waals surface area contributed by atoms with Crippen molar-refractivity contribution in [2.24, 2.45) is 0 Å². The first-order chi connectivity index (χ1) is 10.9. The summed E-state index contributed by atoms with van der Waals surface area (Å²) in [6, 6.07) is 13.2. The molecule has 0 radical (unpaired) electrons. The molecular formula is C17H18N2O3S. The maximum Gasteiger partial charge on any atom is 0.150 e. The zero-order chi connectivity index (χ0) is 16.4. The molecule has 2 aromatic heterocycles. The van der Waals surface area contributed by atoms with E-state index in [-0.39, 0.29) is 5.75 Å². The number of aliphatic hydroxyl groups excluding tert-OH is 1. The van der Waals surface area contributed by atoms with E-state index in [0.29, 0.717) is 5.56 Å². The molecule has 1 N–H and O–H groups in total. The molecule has 1 aromatic carbocycles. The summed E-state index contributed by atoms with van der Waals surface area (Å²) < 4.78 is 26.8. The van der Waals surface area contributed by atoms with Gasteiger partial charge in [-0.1, -0.05) is 0 Å². The van der Waals surface area contributed by atoms with E-state index < -0.39 is 15.9 Å². The molecule has 23 heavy (non-hydrogen) atoms. The monoisotopic (exact) mass is 330 g/mol. The number of hydrogen-bond donors (Lipinski definition) is 1. The second-order valence-corrected chi connectivity index (χ2v) is 7.76. The Labute approximate surface area is 135 Å². The standard InChI is InChI=1S/C17H18N2O3S/c1-23(21,22)13-17(20)14-10-15(18-6-2-3-7-18)12-16(11-14)19-8-4-5-9-19/h2-12,17,20H,13H2,1H3. The average molecular weight is 330 g/mol. The third-order valence-corrected chi connectivity index (χ3v) is 4.50. The number of aromatic nitrogens is 2. The summed E-state index contributed by atoms with van der Waals surface area (Å²) in [4.78, 5) is 0. The van der Waals surface area contributed by atoms with Crippen LogP contribution in [0.4, 0.5) is 0 Å². The van der Waals surface area contributed by atoms with Crippen molar-refractivity contribution in [3.8, 4) is 11.4 Å². The molecule has 0 saturated heterocycles. The van der Waals surface area contributed by atoms with E-state index in [9.17, 15) is 13.5 Å². The molecular weight excluding hydrogens is 312 g/mol. The Morgan fingerprint density at radius 2 is 1.35 bits per heavy atom. The van der Waals surface area contributed by atoms with Crippen LogP contribution in [-0.2, 0) is 9.84 Å². The van der Waals surface area contributed by atoms with Crippen LogP contribution in [0.1, 0.15) is 11.7 Å². The lowest BCUT2D eigenvalue weighted by Gasteiger charge is -2.15. The van der Waals surface area contributed by atoms with E-state index in [4.69, 9.17) is 0 Å². The van der Waals surface area contributed by atoms with Crippen molar-refractivity contribution in [1.82, 2.24) is 9.13 Å². The minimum Gasteiger partial charge on any atom is -0.387 e. The predicted octanol–water partition coefficient (Wildman–Crippen LogP) is 2.35. The fourth-order valence-corrected chi connectivity index (χ4v) is 3.27. The third-order valence-electron chi connectivity index (χ3n) is 3.58. The zero-order valence-corrected chi connectivity index (χ0v) is 13.5. The third kappa shape index (κ3) is 3.72. The zero-order valence-electron chi connectivity index (χ0n) is 12.7. The van der Waals surface area contributed by atoms with E-state index in [1.165, 1.54) is 0 Å². The maximum atomic E-state index is 11.5. The van der Waals surface area contributed by atoms with Gasteiger partial charge in [-0.3, -0.25) is 0 Å². The molecule has 1 atom stereocenters. The molecule has 5 nitrogen and oxygen atoms in total. The first-order valence-electron chi connectivity index (χ1n) is 7.20. The summed E-state index contributed by atoms with van der Waals surface area (Å²) in [6.45, 7) is 0. The Balaban J connectivity index is 2.08. The topological polar surface area (TPSA) is 64.2 Å². The number of hydrogen-bond acceptors (Lipinski definition) is 3. The van der Waals surface area contributed by atoms with Crippen LogP contribution < -0.4 is 0 Å². The number of nitrogens with zero attached hydrogens (tertiary/aromatic N) is 2. The van der Waals surface area contributed by atoms with Crippen LogP contribution in [0.15, 0.2) is 67.3 Å². The van der Waals surface area contributed by atoms with E-state index >= 15 is 0 Å². The van der Waals surface area contributed by atoms with Crippen molar-refractivity contribution in [1.29, 1.82) is 0 Å². The summed E-state index contributed by atoms with van der Waals surface area (Å²) in [5, 5.41) is 10.3. The highest BCUT2D eigenvalue weighted by molar-refractivity contribution is 7.90. The van der Waals surface area contributed by atoms with E-state index in [0.717, 1.165) is 17.6 Å². The molecule has 0 fully saturated rings. The van der Waals surface area contributed by atoms with Gasteiger partial charge in [-0.15, -0.1) is 0 Å². The number of aliphatic hydroxyl groups is 1. The van der Waals surface area contributed by atoms with Gasteiger partial charge in [0.25, 0.3) is 0 Å². The molecule has 0 bridgehead atoms. The first-order valence-corrected chi connectivity index (χ1v) is 9.26. The van der Waals surface area contributed by atoms with E-state index in [1.54, 1.807) is 0 Å². The van der Waals surface area contributed by atoms with E-state index in [1.807, 2.05) is 76.4 Å². The van der Waals surface area contributed by atoms with Crippen LogP contribution >= 0.6 is 0 Å². The number of rotatable bonds is 5. The molecule has 0 spiro atoms. The van der Waals surface area contributed by atoms with Gasteiger partial charge in [-0.2, -0.15) is 0 Å². The summed E-state index contributed by atoms with van der Waals surface area (Å²) in [5.41, 5.74) is 2.30. The van der Waals surface area contributed by atoms with Gasteiger partial charge in [0, 0.05) is 42.4 Å². The van der Waals surface area contributed by atoms with Crippen molar-refractivity contribution in [3.05, 3.63) is 72.8 Å². The van der Waals surface area contributed by atoms with Crippen molar-refractivity contribution in [3.63, 3.8) is 0 Å². The molecule has 120 valence electrons. The highest BCUT2D eigenvalue weighted by atomic mass is 32.2. The molecule has 2 heterocycles. The fraction of sp³-hybridized carbons (Fsp3) is 0.176. The SMILES string of the molecule is CS(=O)(=O)CC(O)c1cc(-n2cccc2)cc(-n2cccc2)c1. The molecule has 6 heteroatoms. The second kappa shape index (κ2) is 6.06. The van der Waals surface area contributed by atoms with Crippen LogP contribution in [0.25, 0.3) is 11.4 Å². The predicted molar refractivity (Wildman–Crippen MR) is 89.8 cm³/mol. The van der Waals surface area contributed by atoms with Crippen molar-refractivity contribution >= 4 is 9.84 Å².